The van der Waals surface area contributed by atoms with Gasteiger partial charge in [0.25, 0.3) is 0 Å². The number of thiocarbonyl (C=S) groups is 1. The fourth-order valence-electron chi connectivity index (χ4n) is 2.42. The highest BCUT2D eigenvalue weighted by atomic mass is 32.1. The first-order valence-electron chi connectivity index (χ1n) is 7.95. The number of hydrogen-bond acceptors (Lipinski definition) is 3. The molecule has 0 amide bonds. The highest BCUT2D eigenvalue weighted by molar-refractivity contribution is 7.80. The Morgan fingerprint density at radius 3 is 2.28 bits per heavy atom. The van der Waals surface area contributed by atoms with Crippen molar-refractivity contribution in [2.75, 3.05) is 32.5 Å². The third kappa shape index (κ3) is 5.72. The van der Waals surface area contributed by atoms with Crippen molar-refractivity contribution in [3.63, 3.8) is 0 Å². The summed E-state index contributed by atoms with van der Waals surface area (Å²) in [7, 11) is 3.96. The van der Waals surface area contributed by atoms with E-state index in [1.807, 2.05) is 38.1 Å². The molecule has 4 nitrogen and oxygen atoms in total. The number of halogens is 2. The standard InChI is InChI=1S/C18H22F2N4S/c1-13(14-4-6-21-7-5-14)24(9-8-23(2)3)18(25)22-17-11-15(19)10-16(20)12-17/h4-7,10-13H,8-9H2,1-3H3,(H,22,25)/t13-/m0/s1. The Hall–Kier alpha value is -2.12. The molecular weight excluding hydrogens is 342 g/mol. The van der Waals surface area contributed by atoms with Gasteiger partial charge in [-0.1, -0.05) is 0 Å². The van der Waals surface area contributed by atoms with Gasteiger partial charge in [0.15, 0.2) is 5.11 Å². The molecule has 0 aliphatic rings. The highest BCUT2D eigenvalue weighted by Gasteiger charge is 2.19. The molecule has 25 heavy (non-hydrogen) atoms. The normalized spacial score (nSPS) is 12.1. The largest absolute Gasteiger partial charge is 0.341 e. The van der Waals surface area contributed by atoms with E-state index in [0.717, 1.165) is 18.2 Å². The van der Waals surface area contributed by atoms with Crippen LogP contribution in [0.1, 0.15) is 18.5 Å². The van der Waals surface area contributed by atoms with Crippen LogP contribution in [0.15, 0.2) is 42.7 Å². The molecule has 0 unspecified atom stereocenters. The SMILES string of the molecule is C[C@@H](c1ccncc1)N(CCN(C)C)C(=S)Nc1cc(F)cc(F)c1. The van der Waals surface area contributed by atoms with Crippen molar-refractivity contribution in [1.29, 1.82) is 0 Å². The molecule has 2 rings (SSSR count). The third-order valence-corrected chi connectivity index (χ3v) is 4.16. The summed E-state index contributed by atoms with van der Waals surface area (Å²) in [6.45, 7) is 3.49. The van der Waals surface area contributed by atoms with Crippen LogP contribution < -0.4 is 5.32 Å². The number of benzene rings is 1. The van der Waals surface area contributed by atoms with Crippen molar-refractivity contribution in [1.82, 2.24) is 14.8 Å². The lowest BCUT2D eigenvalue weighted by Gasteiger charge is -2.33. The van der Waals surface area contributed by atoms with Gasteiger partial charge in [0, 0.05) is 37.2 Å². The van der Waals surface area contributed by atoms with Gasteiger partial charge in [0.1, 0.15) is 11.6 Å². The molecule has 1 aromatic heterocycles. The lowest BCUT2D eigenvalue weighted by atomic mass is 10.1. The molecule has 1 N–H and O–H groups in total. The Kier molecular flexibility index (Phi) is 6.78. The Morgan fingerprint density at radius 2 is 1.72 bits per heavy atom. The maximum atomic E-state index is 13.4. The Labute approximate surface area is 152 Å². The van der Waals surface area contributed by atoms with Gasteiger partial charge in [-0.05, 0) is 63.1 Å². The highest BCUT2D eigenvalue weighted by Crippen LogP contribution is 2.21. The van der Waals surface area contributed by atoms with E-state index in [0.29, 0.717) is 17.3 Å². The van der Waals surface area contributed by atoms with E-state index < -0.39 is 11.6 Å². The number of rotatable bonds is 6. The molecule has 2 aromatic rings. The second-order valence-corrected chi connectivity index (χ2v) is 6.43. The number of hydrogen-bond donors (Lipinski definition) is 1. The van der Waals surface area contributed by atoms with Crippen molar-refractivity contribution in [2.45, 2.75) is 13.0 Å². The van der Waals surface area contributed by atoms with Gasteiger partial charge in [0.2, 0.25) is 0 Å². The Balaban J connectivity index is 2.19. The quantitative estimate of drug-likeness (QED) is 0.791. The summed E-state index contributed by atoms with van der Waals surface area (Å²) in [6.07, 6.45) is 3.46. The third-order valence-electron chi connectivity index (χ3n) is 3.82. The van der Waals surface area contributed by atoms with Crippen molar-refractivity contribution in [2.24, 2.45) is 0 Å². The van der Waals surface area contributed by atoms with E-state index in [1.54, 1.807) is 12.4 Å². The van der Waals surface area contributed by atoms with E-state index in [-0.39, 0.29) is 6.04 Å². The van der Waals surface area contributed by atoms with Crippen LogP contribution in [0.2, 0.25) is 0 Å². The van der Waals surface area contributed by atoms with Crippen LogP contribution in [-0.2, 0) is 0 Å². The number of anilines is 1. The maximum Gasteiger partial charge on any atom is 0.173 e. The first kappa shape index (κ1) is 19.2. The van der Waals surface area contributed by atoms with Crippen molar-refractivity contribution in [3.05, 3.63) is 59.9 Å². The topological polar surface area (TPSA) is 31.4 Å². The van der Waals surface area contributed by atoms with Crippen LogP contribution >= 0.6 is 12.2 Å². The van der Waals surface area contributed by atoms with Gasteiger partial charge in [-0.25, -0.2) is 8.78 Å². The minimum atomic E-state index is -0.646. The predicted molar refractivity (Wildman–Crippen MR) is 100 cm³/mol. The van der Waals surface area contributed by atoms with E-state index >= 15 is 0 Å². The fourth-order valence-corrected chi connectivity index (χ4v) is 2.79. The zero-order valence-electron chi connectivity index (χ0n) is 14.5. The van der Waals surface area contributed by atoms with Crippen LogP contribution in [0.25, 0.3) is 0 Å². The summed E-state index contributed by atoms with van der Waals surface area (Å²) in [5, 5.41) is 3.35. The minimum absolute atomic E-state index is 0.0126. The van der Waals surface area contributed by atoms with Crippen molar-refractivity contribution < 1.29 is 8.78 Å². The van der Waals surface area contributed by atoms with Crippen LogP contribution in [0.3, 0.4) is 0 Å². The fraction of sp³-hybridized carbons (Fsp3) is 0.333. The summed E-state index contributed by atoms with van der Waals surface area (Å²) < 4.78 is 26.8. The molecule has 1 aromatic carbocycles. The van der Waals surface area contributed by atoms with E-state index in [2.05, 4.69) is 15.2 Å². The number of likely N-dealkylation sites (N-methyl/N-ethyl adjacent to an activating group) is 1. The summed E-state index contributed by atoms with van der Waals surface area (Å²) in [5.41, 5.74) is 1.35. The molecule has 0 aliphatic heterocycles. The Morgan fingerprint density at radius 1 is 1.12 bits per heavy atom. The zero-order valence-corrected chi connectivity index (χ0v) is 15.4. The lowest BCUT2D eigenvalue weighted by Crippen LogP contribution is -2.41. The molecule has 0 aliphatic carbocycles. The number of nitrogens with one attached hydrogen (secondary N) is 1. The van der Waals surface area contributed by atoms with Crippen LogP contribution in [-0.4, -0.2) is 47.1 Å². The first-order valence-corrected chi connectivity index (χ1v) is 8.36. The van der Waals surface area contributed by atoms with Crippen molar-refractivity contribution in [3.8, 4) is 0 Å². The average Bonchev–Trinajstić information content (AvgIpc) is 2.54. The Bertz CT molecular complexity index is 689. The van der Waals surface area contributed by atoms with Crippen LogP contribution in [0, 0.1) is 11.6 Å². The van der Waals surface area contributed by atoms with Gasteiger partial charge in [0.05, 0.1) is 6.04 Å². The summed E-state index contributed by atoms with van der Waals surface area (Å²) in [4.78, 5) is 8.08. The molecule has 0 spiro atoms. The summed E-state index contributed by atoms with van der Waals surface area (Å²) in [6, 6.07) is 7.11. The molecule has 0 saturated carbocycles. The van der Waals surface area contributed by atoms with Gasteiger partial charge in [-0.2, -0.15) is 0 Å². The predicted octanol–water partition coefficient (Wildman–Crippen LogP) is 3.68. The van der Waals surface area contributed by atoms with E-state index in [9.17, 15) is 8.78 Å². The summed E-state index contributed by atoms with van der Waals surface area (Å²) in [5.74, 6) is -1.29. The van der Waals surface area contributed by atoms with E-state index in [1.165, 1.54) is 12.1 Å². The maximum absolute atomic E-state index is 13.4. The lowest BCUT2D eigenvalue weighted by molar-refractivity contribution is 0.289. The number of aromatic nitrogens is 1. The monoisotopic (exact) mass is 364 g/mol. The molecule has 0 fully saturated rings. The molecule has 1 atom stereocenters. The van der Waals surface area contributed by atoms with Gasteiger partial charge in [-0.15, -0.1) is 0 Å². The molecule has 134 valence electrons. The second kappa shape index (κ2) is 8.82. The first-order chi connectivity index (χ1) is 11.9. The molecule has 0 radical (unpaired) electrons. The minimum Gasteiger partial charge on any atom is -0.341 e. The van der Waals surface area contributed by atoms with Crippen molar-refractivity contribution >= 4 is 23.0 Å². The van der Waals surface area contributed by atoms with Gasteiger partial charge >= 0.3 is 0 Å². The average molecular weight is 364 g/mol. The van der Waals surface area contributed by atoms with Gasteiger partial charge < -0.3 is 15.1 Å². The zero-order chi connectivity index (χ0) is 18.4. The second-order valence-electron chi connectivity index (χ2n) is 6.04. The molecule has 7 heteroatoms. The molecular formula is C18H22F2N4S. The molecule has 0 bridgehead atoms. The van der Waals surface area contributed by atoms with E-state index in [4.69, 9.17) is 12.2 Å². The summed E-state index contributed by atoms with van der Waals surface area (Å²) >= 11 is 5.51. The van der Waals surface area contributed by atoms with Crippen LogP contribution in [0.5, 0.6) is 0 Å². The smallest absolute Gasteiger partial charge is 0.173 e. The molecule has 0 saturated heterocycles. The van der Waals surface area contributed by atoms with Crippen LogP contribution in [0.4, 0.5) is 14.5 Å². The number of nitrogens with zero attached hydrogens (tertiary/aromatic N) is 3. The molecule has 1 heterocycles. The van der Waals surface area contributed by atoms with Gasteiger partial charge in [-0.3, -0.25) is 4.98 Å². The number of pyridine rings is 1.